The lowest BCUT2D eigenvalue weighted by Crippen LogP contribution is -2.15. The van der Waals surface area contributed by atoms with Crippen LogP contribution in [0.1, 0.15) is 24.2 Å². The number of esters is 1. The minimum Gasteiger partial charge on any atom is -0.490 e. The van der Waals surface area contributed by atoms with Crippen LogP contribution in [-0.2, 0) is 16.0 Å². The summed E-state index contributed by atoms with van der Waals surface area (Å²) < 4.78 is 11.0. The minimum atomic E-state index is -1.31. The zero-order valence-corrected chi connectivity index (χ0v) is 11.2. The fourth-order valence-electron chi connectivity index (χ4n) is 1.96. The number of halogens is 1. The van der Waals surface area contributed by atoms with Crippen LogP contribution in [0.25, 0.3) is 0 Å². The van der Waals surface area contributed by atoms with Crippen molar-refractivity contribution in [3.05, 3.63) is 27.7 Å². The molecule has 1 aromatic carbocycles. The predicted molar refractivity (Wildman–Crippen MR) is 64.9 cm³/mol. The molecule has 1 aliphatic heterocycles. The van der Waals surface area contributed by atoms with Gasteiger partial charge in [0.25, 0.3) is 0 Å². The topological polar surface area (TPSA) is 55.8 Å². The molecule has 1 aliphatic rings. The first-order valence-corrected chi connectivity index (χ1v) is 6.07. The highest BCUT2D eigenvalue weighted by Crippen LogP contribution is 2.38. The van der Waals surface area contributed by atoms with Crippen LogP contribution in [0, 0.1) is 0 Å². The zero-order valence-electron chi connectivity index (χ0n) is 9.57. The number of carbonyl (C=O) groups excluding carboxylic acids is 1. The first kappa shape index (κ1) is 12.4. The molecule has 0 amide bonds. The fraction of sp³-hybridized carbons (Fsp3) is 0.417. The van der Waals surface area contributed by atoms with Gasteiger partial charge in [0.15, 0.2) is 6.10 Å². The van der Waals surface area contributed by atoms with Crippen LogP contribution in [0.2, 0.25) is 0 Å². The summed E-state index contributed by atoms with van der Waals surface area (Å²) in [5, 5.41) is 9.89. The Morgan fingerprint density at radius 3 is 3.00 bits per heavy atom. The highest BCUT2D eigenvalue weighted by Gasteiger charge is 2.29. The first-order chi connectivity index (χ1) is 8.02. The van der Waals surface area contributed by atoms with Gasteiger partial charge in [0.2, 0.25) is 0 Å². The van der Waals surface area contributed by atoms with Crippen LogP contribution in [0.15, 0.2) is 16.6 Å². The maximum Gasteiger partial charge on any atom is 0.339 e. The largest absolute Gasteiger partial charge is 0.490 e. The summed E-state index contributed by atoms with van der Waals surface area (Å²) in [7, 11) is 1.24. The summed E-state index contributed by atoms with van der Waals surface area (Å²) in [6, 6.07) is 3.62. The van der Waals surface area contributed by atoms with E-state index in [2.05, 4.69) is 20.7 Å². The zero-order chi connectivity index (χ0) is 12.6. The number of hydrogen-bond acceptors (Lipinski definition) is 4. The maximum absolute atomic E-state index is 11.4. The molecule has 2 unspecified atom stereocenters. The second-order valence-corrected chi connectivity index (χ2v) is 4.96. The van der Waals surface area contributed by atoms with Gasteiger partial charge in [-0.2, -0.15) is 0 Å². The molecule has 5 heteroatoms. The van der Waals surface area contributed by atoms with Crippen molar-refractivity contribution in [2.24, 2.45) is 0 Å². The molecular formula is C12H13BrO4. The Morgan fingerprint density at radius 1 is 1.65 bits per heavy atom. The highest BCUT2D eigenvalue weighted by molar-refractivity contribution is 9.10. The molecule has 0 aliphatic carbocycles. The van der Waals surface area contributed by atoms with E-state index in [1.807, 2.05) is 13.0 Å². The smallest absolute Gasteiger partial charge is 0.339 e. The molecule has 17 heavy (non-hydrogen) atoms. The Balaban J connectivity index is 2.45. The van der Waals surface area contributed by atoms with E-state index in [0.29, 0.717) is 11.3 Å². The number of fused-ring (bicyclic) bond motifs is 1. The Morgan fingerprint density at radius 2 is 2.35 bits per heavy atom. The van der Waals surface area contributed by atoms with Gasteiger partial charge in [0, 0.05) is 16.5 Å². The van der Waals surface area contributed by atoms with Crippen LogP contribution in [0.3, 0.4) is 0 Å². The van der Waals surface area contributed by atoms with Gasteiger partial charge in [0.05, 0.1) is 7.11 Å². The molecule has 0 radical (unpaired) electrons. The van der Waals surface area contributed by atoms with Crippen molar-refractivity contribution in [3.63, 3.8) is 0 Å². The number of carbonyl (C=O) groups is 1. The van der Waals surface area contributed by atoms with Crippen molar-refractivity contribution >= 4 is 21.9 Å². The number of rotatable bonds is 2. The van der Waals surface area contributed by atoms with Crippen molar-refractivity contribution in [1.82, 2.24) is 0 Å². The quantitative estimate of drug-likeness (QED) is 0.849. The number of aliphatic hydroxyl groups is 1. The van der Waals surface area contributed by atoms with Gasteiger partial charge < -0.3 is 14.6 Å². The average Bonchev–Trinajstić information content (AvgIpc) is 2.66. The lowest BCUT2D eigenvalue weighted by atomic mass is 10.0. The third-order valence-corrected chi connectivity index (χ3v) is 3.16. The molecular weight excluding hydrogens is 288 g/mol. The second kappa shape index (κ2) is 4.66. The van der Waals surface area contributed by atoms with Gasteiger partial charge in [-0.05, 0) is 24.6 Å². The molecule has 0 spiro atoms. The highest BCUT2D eigenvalue weighted by atomic mass is 79.9. The summed E-state index contributed by atoms with van der Waals surface area (Å²) in [6.45, 7) is 1.95. The van der Waals surface area contributed by atoms with Crippen molar-refractivity contribution in [2.75, 3.05) is 7.11 Å². The van der Waals surface area contributed by atoms with E-state index >= 15 is 0 Å². The molecule has 0 aromatic heterocycles. The normalized spacial score (nSPS) is 19.4. The third kappa shape index (κ3) is 2.30. The number of aliphatic hydroxyl groups excluding tert-OH is 1. The van der Waals surface area contributed by atoms with E-state index in [1.165, 1.54) is 7.11 Å². The standard InChI is InChI=1S/C12H13BrO4/c1-6-3-7-4-8(13)5-9(11(7)17-6)10(14)12(15)16-2/h4-6,10,14H,3H2,1-2H3. The number of hydrogen-bond donors (Lipinski definition) is 1. The number of benzene rings is 1. The van der Waals surface area contributed by atoms with Crippen molar-refractivity contribution in [2.45, 2.75) is 25.6 Å². The van der Waals surface area contributed by atoms with Gasteiger partial charge >= 0.3 is 5.97 Å². The summed E-state index contributed by atoms with van der Waals surface area (Å²) in [5.41, 5.74) is 1.44. The summed E-state index contributed by atoms with van der Waals surface area (Å²) in [4.78, 5) is 11.4. The molecule has 92 valence electrons. The molecule has 2 rings (SSSR count). The Bertz CT molecular complexity index is 458. The Labute approximate surface area is 108 Å². The van der Waals surface area contributed by atoms with E-state index in [-0.39, 0.29) is 6.10 Å². The van der Waals surface area contributed by atoms with Gasteiger partial charge in [-0.15, -0.1) is 0 Å². The lowest BCUT2D eigenvalue weighted by Gasteiger charge is -2.14. The number of methoxy groups -OCH3 is 1. The maximum atomic E-state index is 11.4. The summed E-state index contributed by atoms with van der Waals surface area (Å²) in [5.74, 6) is -0.0907. The lowest BCUT2D eigenvalue weighted by molar-refractivity contribution is -0.150. The molecule has 1 N–H and O–H groups in total. The summed E-state index contributed by atoms with van der Waals surface area (Å²) in [6.07, 6.45) is -0.477. The predicted octanol–water partition coefficient (Wildman–Crippen LogP) is 1.98. The van der Waals surface area contributed by atoms with Crippen molar-refractivity contribution < 1.29 is 19.4 Å². The van der Waals surface area contributed by atoms with E-state index in [9.17, 15) is 9.90 Å². The van der Waals surface area contributed by atoms with Crippen LogP contribution in [-0.4, -0.2) is 24.3 Å². The van der Waals surface area contributed by atoms with E-state index in [1.54, 1.807) is 6.07 Å². The van der Waals surface area contributed by atoms with Crippen LogP contribution < -0.4 is 4.74 Å². The minimum absolute atomic E-state index is 0.0582. The Kier molecular flexibility index (Phi) is 3.40. The van der Waals surface area contributed by atoms with Crippen LogP contribution in [0.5, 0.6) is 5.75 Å². The van der Waals surface area contributed by atoms with Crippen LogP contribution in [0.4, 0.5) is 0 Å². The fourth-order valence-corrected chi connectivity index (χ4v) is 2.49. The van der Waals surface area contributed by atoms with Gasteiger partial charge in [-0.1, -0.05) is 15.9 Å². The molecule has 0 bridgehead atoms. The Hall–Kier alpha value is -1.07. The average molecular weight is 301 g/mol. The monoisotopic (exact) mass is 300 g/mol. The van der Waals surface area contributed by atoms with Crippen molar-refractivity contribution in [3.8, 4) is 5.75 Å². The second-order valence-electron chi connectivity index (χ2n) is 4.04. The van der Waals surface area contributed by atoms with E-state index in [4.69, 9.17) is 4.74 Å². The molecule has 0 fully saturated rings. The SMILES string of the molecule is COC(=O)C(O)c1cc(Br)cc2c1OC(C)C2. The van der Waals surface area contributed by atoms with Gasteiger partial charge in [0.1, 0.15) is 11.9 Å². The van der Waals surface area contributed by atoms with Gasteiger partial charge in [-0.25, -0.2) is 4.79 Å². The molecule has 1 heterocycles. The molecule has 0 saturated heterocycles. The van der Waals surface area contributed by atoms with Crippen LogP contribution >= 0.6 is 15.9 Å². The molecule has 2 atom stereocenters. The summed E-state index contributed by atoms with van der Waals surface area (Å²) >= 11 is 3.36. The van der Waals surface area contributed by atoms with Crippen molar-refractivity contribution in [1.29, 1.82) is 0 Å². The first-order valence-electron chi connectivity index (χ1n) is 5.27. The van der Waals surface area contributed by atoms with Gasteiger partial charge in [-0.3, -0.25) is 0 Å². The van der Waals surface area contributed by atoms with E-state index < -0.39 is 12.1 Å². The third-order valence-electron chi connectivity index (χ3n) is 2.70. The molecule has 4 nitrogen and oxygen atoms in total. The molecule has 1 aromatic rings. The van der Waals surface area contributed by atoms with E-state index in [0.717, 1.165) is 16.5 Å². The number of ether oxygens (including phenoxy) is 2. The molecule has 0 saturated carbocycles.